The van der Waals surface area contributed by atoms with E-state index in [0.717, 1.165) is 5.06 Å². The van der Waals surface area contributed by atoms with Gasteiger partial charge in [-0.2, -0.15) is 5.06 Å². The van der Waals surface area contributed by atoms with E-state index >= 15 is 0 Å². The number of amides is 1. The highest BCUT2D eigenvalue weighted by Gasteiger charge is 2.19. The molecule has 3 aromatic rings. The van der Waals surface area contributed by atoms with Crippen molar-refractivity contribution in [2.24, 2.45) is 0 Å². The Morgan fingerprint density at radius 2 is 2.00 bits per heavy atom. The Kier molecular flexibility index (Phi) is 6.03. The first kappa shape index (κ1) is 19.5. The molecule has 28 heavy (non-hydrogen) atoms. The molecule has 3 rings (SSSR count). The topological polar surface area (TPSA) is 86.0 Å². The Bertz CT molecular complexity index is 976. The van der Waals surface area contributed by atoms with Crippen molar-refractivity contribution < 1.29 is 24.2 Å². The maximum atomic E-state index is 11.9. The Balaban J connectivity index is 1.77. The Labute approximate surface area is 166 Å². The van der Waals surface area contributed by atoms with Crippen molar-refractivity contribution in [2.45, 2.75) is 6.61 Å². The van der Waals surface area contributed by atoms with Crippen molar-refractivity contribution in [3.63, 3.8) is 0 Å². The molecule has 0 bridgehead atoms. The summed E-state index contributed by atoms with van der Waals surface area (Å²) in [6.45, 7) is 0.136. The van der Waals surface area contributed by atoms with Gasteiger partial charge in [-0.15, -0.1) is 5.10 Å². The minimum atomic E-state index is -0.655. The van der Waals surface area contributed by atoms with Crippen LogP contribution in [0.4, 0.5) is 10.5 Å². The van der Waals surface area contributed by atoms with Crippen molar-refractivity contribution >= 4 is 23.4 Å². The van der Waals surface area contributed by atoms with Crippen LogP contribution in [-0.4, -0.2) is 35.2 Å². The number of phenolic OH excluding ortho intramolecular Hbond substituents is 1. The Morgan fingerprint density at radius 1 is 1.21 bits per heavy atom. The number of hydrogen-bond acceptors (Lipinski definition) is 6. The molecule has 0 fully saturated rings. The predicted octanol–water partition coefficient (Wildman–Crippen LogP) is 3.94. The molecule has 0 aliphatic rings. The average molecular weight is 404 g/mol. The van der Waals surface area contributed by atoms with Gasteiger partial charge in [0.1, 0.15) is 18.0 Å². The second-order valence-corrected chi connectivity index (χ2v) is 6.03. The number of benzene rings is 2. The van der Waals surface area contributed by atoms with Crippen LogP contribution in [0.1, 0.15) is 5.56 Å². The molecule has 0 saturated carbocycles. The maximum Gasteiger partial charge on any atom is 0.438 e. The molecular weight excluding hydrogens is 386 g/mol. The van der Waals surface area contributed by atoms with E-state index in [2.05, 4.69) is 5.10 Å². The Hall–Kier alpha value is -3.23. The van der Waals surface area contributed by atoms with Crippen LogP contribution in [0.2, 0.25) is 5.02 Å². The number of anilines is 1. The summed E-state index contributed by atoms with van der Waals surface area (Å²) in [6.07, 6.45) is 0.998. The number of halogens is 1. The minimum Gasteiger partial charge on any atom is -0.506 e. The van der Waals surface area contributed by atoms with Gasteiger partial charge in [0.05, 0.1) is 19.9 Å². The summed E-state index contributed by atoms with van der Waals surface area (Å²) in [5, 5.41) is 15.8. The normalized spacial score (nSPS) is 10.5. The van der Waals surface area contributed by atoms with Crippen molar-refractivity contribution in [1.82, 2.24) is 9.78 Å². The molecular formula is C19H18ClN3O5. The fraction of sp³-hybridized carbons (Fsp3) is 0.158. The first-order chi connectivity index (χ1) is 13.5. The number of phenols is 1. The van der Waals surface area contributed by atoms with E-state index in [1.54, 1.807) is 42.6 Å². The molecule has 2 aromatic carbocycles. The van der Waals surface area contributed by atoms with E-state index in [4.69, 9.17) is 25.9 Å². The minimum absolute atomic E-state index is 0.00121. The number of para-hydroxylation sites is 1. The van der Waals surface area contributed by atoms with Crippen LogP contribution in [0.5, 0.6) is 11.6 Å². The number of rotatable bonds is 6. The van der Waals surface area contributed by atoms with Crippen LogP contribution in [0, 0.1) is 0 Å². The van der Waals surface area contributed by atoms with Crippen molar-refractivity contribution in [1.29, 1.82) is 0 Å². The van der Waals surface area contributed by atoms with Gasteiger partial charge in [-0.25, -0.2) is 9.48 Å². The zero-order valence-corrected chi connectivity index (χ0v) is 16.0. The van der Waals surface area contributed by atoms with E-state index in [9.17, 15) is 9.90 Å². The predicted molar refractivity (Wildman–Crippen MR) is 103 cm³/mol. The fourth-order valence-corrected chi connectivity index (χ4v) is 2.71. The quantitative estimate of drug-likeness (QED) is 0.627. The second kappa shape index (κ2) is 8.64. The van der Waals surface area contributed by atoms with Crippen LogP contribution in [0.25, 0.3) is 5.69 Å². The van der Waals surface area contributed by atoms with Crippen LogP contribution < -0.4 is 9.80 Å². The molecule has 1 heterocycles. The molecule has 0 atom stereocenters. The van der Waals surface area contributed by atoms with Crippen LogP contribution >= 0.6 is 11.6 Å². The van der Waals surface area contributed by atoms with Gasteiger partial charge in [0.15, 0.2) is 0 Å². The monoisotopic (exact) mass is 403 g/mol. The van der Waals surface area contributed by atoms with Crippen LogP contribution in [0.15, 0.2) is 54.7 Å². The molecule has 1 N–H and O–H groups in total. The van der Waals surface area contributed by atoms with Crippen molar-refractivity contribution in [3.8, 4) is 17.3 Å². The highest BCUT2D eigenvalue weighted by atomic mass is 35.5. The molecule has 8 nitrogen and oxygen atoms in total. The van der Waals surface area contributed by atoms with E-state index in [-0.39, 0.29) is 12.4 Å². The third-order valence-corrected chi connectivity index (χ3v) is 4.09. The van der Waals surface area contributed by atoms with Gasteiger partial charge in [0.2, 0.25) is 5.88 Å². The highest BCUT2D eigenvalue weighted by Crippen LogP contribution is 2.27. The third kappa shape index (κ3) is 4.19. The highest BCUT2D eigenvalue weighted by molar-refractivity contribution is 6.30. The standard InChI is InChI=1S/C19H18ClN3O5/c1-26-19(25)23(27-2)15-6-4-3-5-13(15)12-28-18-9-10-22(21-18)16-8-7-14(20)11-17(16)24/h3-11,24H,12H2,1-2H3. The lowest BCUT2D eigenvalue weighted by Crippen LogP contribution is -2.30. The lowest BCUT2D eigenvalue weighted by Gasteiger charge is -2.20. The summed E-state index contributed by atoms with van der Waals surface area (Å²) in [5.41, 5.74) is 1.65. The summed E-state index contributed by atoms with van der Waals surface area (Å²) in [7, 11) is 2.64. The van der Waals surface area contributed by atoms with Crippen molar-refractivity contribution in [2.75, 3.05) is 19.3 Å². The summed E-state index contributed by atoms with van der Waals surface area (Å²) in [5.74, 6) is 0.340. The number of hydroxylamine groups is 1. The zero-order valence-electron chi connectivity index (χ0n) is 15.2. The van der Waals surface area contributed by atoms with Gasteiger partial charge in [-0.1, -0.05) is 29.8 Å². The summed E-state index contributed by atoms with van der Waals surface area (Å²) >= 11 is 5.85. The van der Waals surface area contributed by atoms with Gasteiger partial charge in [0.25, 0.3) is 0 Å². The SMILES string of the molecule is COC(=O)N(OC)c1ccccc1COc1ccn(-c2ccc(Cl)cc2O)n1. The molecule has 1 amide bonds. The summed E-state index contributed by atoms with van der Waals surface area (Å²) < 4.78 is 11.9. The molecule has 0 saturated heterocycles. The number of aromatic hydroxyl groups is 1. The molecule has 0 radical (unpaired) electrons. The zero-order chi connectivity index (χ0) is 20.1. The third-order valence-electron chi connectivity index (χ3n) is 3.86. The van der Waals surface area contributed by atoms with Gasteiger partial charge in [0, 0.05) is 28.9 Å². The number of methoxy groups -OCH3 is 1. The lowest BCUT2D eigenvalue weighted by molar-refractivity contribution is 0.115. The molecule has 0 unspecified atom stereocenters. The van der Waals surface area contributed by atoms with Gasteiger partial charge in [-0.3, -0.25) is 4.84 Å². The smallest absolute Gasteiger partial charge is 0.438 e. The van der Waals surface area contributed by atoms with Crippen molar-refractivity contribution in [3.05, 3.63) is 65.3 Å². The first-order valence-electron chi connectivity index (χ1n) is 8.21. The Morgan fingerprint density at radius 3 is 2.71 bits per heavy atom. The molecule has 0 aliphatic carbocycles. The number of nitrogens with zero attached hydrogens (tertiary/aromatic N) is 3. The van der Waals surface area contributed by atoms with E-state index < -0.39 is 6.09 Å². The lowest BCUT2D eigenvalue weighted by atomic mass is 10.2. The largest absolute Gasteiger partial charge is 0.506 e. The van der Waals surface area contributed by atoms with Crippen LogP contribution in [-0.2, 0) is 16.2 Å². The van der Waals surface area contributed by atoms with Crippen LogP contribution in [0.3, 0.4) is 0 Å². The summed E-state index contributed by atoms with van der Waals surface area (Å²) in [4.78, 5) is 17.0. The van der Waals surface area contributed by atoms with E-state index in [0.29, 0.717) is 27.8 Å². The second-order valence-electron chi connectivity index (χ2n) is 5.60. The van der Waals surface area contributed by atoms with E-state index in [1.165, 1.54) is 25.0 Å². The number of aromatic nitrogens is 2. The number of carbonyl (C=O) groups excluding carboxylic acids is 1. The molecule has 0 spiro atoms. The fourth-order valence-electron chi connectivity index (χ4n) is 2.55. The molecule has 9 heteroatoms. The van der Waals surface area contributed by atoms with Gasteiger partial charge < -0.3 is 14.6 Å². The van der Waals surface area contributed by atoms with E-state index in [1.807, 2.05) is 6.07 Å². The number of ether oxygens (including phenoxy) is 2. The molecule has 1 aromatic heterocycles. The first-order valence-corrected chi connectivity index (χ1v) is 8.58. The molecule has 146 valence electrons. The number of carbonyl (C=O) groups is 1. The van der Waals surface area contributed by atoms with Gasteiger partial charge in [-0.05, 0) is 18.2 Å². The maximum absolute atomic E-state index is 11.9. The number of hydrogen-bond donors (Lipinski definition) is 1. The molecule has 0 aliphatic heterocycles. The van der Waals surface area contributed by atoms with Gasteiger partial charge >= 0.3 is 6.09 Å². The average Bonchev–Trinajstić information content (AvgIpc) is 3.16. The summed E-state index contributed by atoms with van der Waals surface area (Å²) in [6, 6.07) is 13.5.